The first-order valence-electron chi connectivity index (χ1n) is 7.05. The minimum atomic E-state index is -0.980. The van der Waals surface area contributed by atoms with Gasteiger partial charge in [0.15, 0.2) is 11.5 Å². The highest BCUT2D eigenvalue weighted by Crippen LogP contribution is 2.34. The molecule has 2 aromatic carbocycles. The number of ether oxygens (including phenoxy) is 2. The van der Waals surface area contributed by atoms with E-state index in [-0.39, 0.29) is 0 Å². The molecule has 4 heteroatoms. The number of hydrogen-bond donors (Lipinski definition) is 1. The molecule has 1 heterocycles. The van der Waals surface area contributed by atoms with E-state index in [1.807, 2.05) is 49.4 Å². The highest BCUT2D eigenvalue weighted by Gasteiger charge is 2.15. The molecule has 2 aromatic rings. The molecule has 4 nitrogen and oxygen atoms in total. The average molecular weight is 296 g/mol. The van der Waals surface area contributed by atoms with E-state index in [4.69, 9.17) is 9.47 Å². The molecule has 1 aliphatic heterocycles. The van der Waals surface area contributed by atoms with E-state index in [2.05, 4.69) is 0 Å². The second-order valence-corrected chi connectivity index (χ2v) is 5.12. The van der Waals surface area contributed by atoms with Gasteiger partial charge in [-0.15, -0.1) is 0 Å². The van der Waals surface area contributed by atoms with Crippen molar-refractivity contribution in [2.24, 2.45) is 0 Å². The molecule has 22 heavy (non-hydrogen) atoms. The number of rotatable bonds is 3. The number of hydrogen-bond acceptors (Lipinski definition) is 3. The molecule has 0 saturated carbocycles. The van der Waals surface area contributed by atoms with Gasteiger partial charge < -0.3 is 14.6 Å². The zero-order chi connectivity index (χ0) is 15.5. The third-order valence-corrected chi connectivity index (χ3v) is 3.45. The predicted molar refractivity (Wildman–Crippen MR) is 83.3 cm³/mol. The maximum atomic E-state index is 11.2. The first-order chi connectivity index (χ1) is 10.6. The minimum Gasteiger partial charge on any atom is -0.486 e. The van der Waals surface area contributed by atoms with E-state index < -0.39 is 5.97 Å². The van der Waals surface area contributed by atoms with Crippen molar-refractivity contribution in [3.63, 3.8) is 0 Å². The highest BCUT2D eigenvalue weighted by atomic mass is 16.6. The zero-order valence-electron chi connectivity index (χ0n) is 12.2. The van der Waals surface area contributed by atoms with Crippen LogP contribution in [0, 0.1) is 6.92 Å². The molecule has 3 rings (SSSR count). The normalized spacial score (nSPS) is 13.8. The predicted octanol–water partition coefficient (Wildman–Crippen LogP) is 3.28. The van der Waals surface area contributed by atoms with E-state index in [9.17, 15) is 9.90 Å². The Morgan fingerprint density at radius 3 is 2.50 bits per heavy atom. The summed E-state index contributed by atoms with van der Waals surface area (Å²) in [5, 5.41) is 9.18. The molecule has 0 unspecified atom stereocenters. The summed E-state index contributed by atoms with van der Waals surface area (Å²) in [5.74, 6) is 0.355. The first-order valence-corrected chi connectivity index (χ1v) is 7.05. The molecule has 0 bridgehead atoms. The van der Waals surface area contributed by atoms with Crippen molar-refractivity contribution < 1.29 is 19.4 Å². The quantitative estimate of drug-likeness (QED) is 0.883. The first kappa shape index (κ1) is 14.2. The highest BCUT2D eigenvalue weighted by molar-refractivity contribution is 5.95. The molecule has 0 saturated heterocycles. The van der Waals surface area contributed by atoms with Crippen LogP contribution in [0.1, 0.15) is 16.7 Å². The van der Waals surface area contributed by atoms with Crippen LogP contribution >= 0.6 is 0 Å². The van der Waals surface area contributed by atoms with Crippen molar-refractivity contribution in [2.45, 2.75) is 6.92 Å². The van der Waals surface area contributed by atoms with Gasteiger partial charge in [-0.05, 0) is 35.8 Å². The lowest BCUT2D eigenvalue weighted by atomic mass is 9.96. The van der Waals surface area contributed by atoms with Crippen LogP contribution in [0.5, 0.6) is 11.5 Å². The topological polar surface area (TPSA) is 55.8 Å². The lowest BCUT2D eigenvalue weighted by Gasteiger charge is -2.19. The zero-order valence-corrected chi connectivity index (χ0v) is 12.2. The van der Waals surface area contributed by atoms with Crippen LogP contribution in [-0.4, -0.2) is 24.3 Å². The van der Waals surface area contributed by atoms with Gasteiger partial charge >= 0.3 is 5.97 Å². The van der Waals surface area contributed by atoms with Gasteiger partial charge in [-0.3, -0.25) is 0 Å². The van der Waals surface area contributed by atoms with Gasteiger partial charge in [0.2, 0.25) is 0 Å². The van der Waals surface area contributed by atoms with Crippen LogP contribution in [0.25, 0.3) is 5.57 Å². The van der Waals surface area contributed by atoms with Crippen molar-refractivity contribution >= 4 is 11.5 Å². The number of carbonyl (C=O) groups is 1. The maximum Gasteiger partial charge on any atom is 0.328 e. The summed E-state index contributed by atoms with van der Waals surface area (Å²) >= 11 is 0. The number of benzene rings is 2. The number of carboxylic acids is 1. The molecular weight excluding hydrogens is 280 g/mol. The van der Waals surface area contributed by atoms with Crippen LogP contribution in [0.3, 0.4) is 0 Å². The van der Waals surface area contributed by atoms with Crippen molar-refractivity contribution in [1.82, 2.24) is 0 Å². The molecule has 0 fully saturated rings. The van der Waals surface area contributed by atoms with Gasteiger partial charge in [-0.2, -0.15) is 0 Å². The Morgan fingerprint density at radius 2 is 1.77 bits per heavy atom. The fourth-order valence-electron chi connectivity index (χ4n) is 2.48. The van der Waals surface area contributed by atoms with Crippen molar-refractivity contribution in [3.05, 3.63) is 65.2 Å². The molecule has 0 aliphatic carbocycles. The van der Waals surface area contributed by atoms with E-state index in [0.717, 1.165) is 16.7 Å². The molecule has 0 aromatic heterocycles. The van der Waals surface area contributed by atoms with Gasteiger partial charge in [-0.25, -0.2) is 4.79 Å². The molecular formula is C18H16O4. The lowest BCUT2D eigenvalue weighted by Crippen LogP contribution is -2.15. The van der Waals surface area contributed by atoms with Crippen LogP contribution < -0.4 is 9.47 Å². The summed E-state index contributed by atoms with van der Waals surface area (Å²) in [4.78, 5) is 11.2. The van der Waals surface area contributed by atoms with E-state index in [1.165, 1.54) is 6.08 Å². The lowest BCUT2D eigenvalue weighted by molar-refractivity contribution is -0.131. The third kappa shape index (κ3) is 2.96. The molecule has 1 N–H and O–H groups in total. The summed E-state index contributed by atoms with van der Waals surface area (Å²) < 4.78 is 11.1. The summed E-state index contributed by atoms with van der Waals surface area (Å²) in [6, 6.07) is 13.2. The van der Waals surface area contributed by atoms with Crippen LogP contribution in [0.15, 0.2) is 48.5 Å². The van der Waals surface area contributed by atoms with E-state index >= 15 is 0 Å². The van der Waals surface area contributed by atoms with Gasteiger partial charge in [0.05, 0.1) is 0 Å². The molecule has 0 atom stereocenters. The number of fused-ring (bicyclic) bond motifs is 1. The average Bonchev–Trinajstić information content (AvgIpc) is 2.52. The van der Waals surface area contributed by atoms with E-state index in [1.54, 1.807) is 0 Å². The second-order valence-electron chi connectivity index (χ2n) is 5.12. The molecule has 112 valence electrons. The minimum absolute atomic E-state index is 0.499. The van der Waals surface area contributed by atoms with Crippen molar-refractivity contribution in [1.29, 1.82) is 0 Å². The Kier molecular flexibility index (Phi) is 3.83. The largest absolute Gasteiger partial charge is 0.486 e. The van der Waals surface area contributed by atoms with Crippen molar-refractivity contribution in [2.75, 3.05) is 13.2 Å². The Hall–Kier alpha value is -2.75. The number of carboxylic acid groups (broad SMARTS) is 1. The fourth-order valence-corrected chi connectivity index (χ4v) is 2.48. The van der Waals surface area contributed by atoms with Gasteiger partial charge in [0.1, 0.15) is 13.2 Å². The Morgan fingerprint density at radius 1 is 1.05 bits per heavy atom. The second kappa shape index (κ2) is 5.93. The van der Waals surface area contributed by atoms with Crippen LogP contribution in [0.2, 0.25) is 0 Å². The summed E-state index contributed by atoms with van der Waals surface area (Å²) in [5.41, 5.74) is 3.37. The van der Waals surface area contributed by atoms with Gasteiger partial charge in [0.25, 0.3) is 0 Å². The molecule has 0 spiro atoms. The number of aryl methyl sites for hydroxylation is 1. The van der Waals surface area contributed by atoms with Gasteiger partial charge in [0, 0.05) is 6.08 Å². The van der Waals surface area contributed by atoms with Crippen LogP contribution in [-0.2, 0) is 4.79 Å². The summed E-state index contributed by atoms with van der Waals surface area (Å²) in [6.07, 6.45) is 1.22. The number of aliphatic carboxylic acids is 1. The summed E-state index contributed by atoms with van der Waals surface area (Å²) in [7, 11) is 0. The monoisotopic (exact) mass is 296 g/mol. The smallest absolute Gasteiger partial charge is 0.328 e. The third-order valence-electron chi connectivity index (χ3n) is 3.45. The molecule has 0 radical (unpaired) electrons. The molecule has 0 amide bonds. The SMILES string of the molecule is Cc1cccc(/C(=C\C(=O)O)c2ccc3c(c2)OCCO3)c1. The Balaban J connectivity index is 2.09. The fraction of sp³-hybridized carbons (Fsp3) is 0.167. The van der Waals surface area contributed by atoms with Crippen LogP contribution in [0.4, 0.5) is 0 Å². The standard InChI is InChI=1S/C18H16O4/c1-12-3-2-4-13(9-12)15(11-18(19)20)14-5-6-16-17(10-14)22-8-7-21-16/h2-6,9-11H,7-8H2,1H3,(H,19,20)/b15-11+. The summed E-state index contributed by atoms with van der Waals surface area (Å²) in [6.45, 7) is 3.01. The van der Waals surface area contributed by atoms with E-state index in [0.29, 0.717) is 30.3 Å². The maximum absolute atomic E-state index is 11.2. The van der Waals surface area contributed by atoms with Crippen molar-refractivity contribution in [3.8, 4) is 11.5 Å². The molecule has 1 aliphatic rings. The Bertz CT molecular complexity index is 747. The Labute approximate surface area is 128 Å². The van der Waals surface area contributed by atoms with Gasteiger partial charge in [-0.1, -0.05) is 35.9 Å².